The molecule has 0 unspecified atom stereocenters. The molecule has 0 aromatic heterocycles. The lowest BCUT2D eigenvalue weighted by Crippen LogP contribution is -2.28. The summed E-state index contributed by atoms with van der Waals surface area (Å²) in [6, 6.07) is 9.42. The third-order valence-corrected chi connectivity index (χ3v) is 4.26. The normalized spacial score (nSPS) is 14.2. The highest BCUT2D eigenvalue weighted by molar-refractivity contribution is 5.96. The second kappa shape index (κ2) is 7.30. The number of nitrogens with one attached hydrogen (secondary N) is 1. The number of carbonyl (C=O) groups is 2. The van der Waals surface area contributed by atoms with Crippen molar-refractivity contribution in [3.05, 3.63) is 64.7 Å². The molecule has 1 aliphatic heterocycles. The van der Waals surface area contributed by atoms with Crippen LogP contribution in [0.15, 0.2) is 42.5 Å². The highest BCUT2D eigenvalue weighted by Crippen LogP contribution is 2.32. The molecule has 2 amide bonds. The van der Waals surface area contributed by atoms with Crippen LogP contribution in [-0.2, 0) is 17.5 Å². The van der Waals surface area contributed by atoms with E-state index in [2.05, 4.69) is 5.32 Å². The minimum Gasteiger partial charge on any atom is -0.457 e. The maximum absolute atomic E-state index is 13.0. The molecular weight excluding hydrogens is 361 g/mol. The van der Waals surface area contributed by atoms with Crippen LogP contribution in [0.25, 0.3) is 0 Å². The second-order valence-corrected chi connectivity index (χ2v) is 6.12. The van der Waals surface area contributed by atoms with Gasteiger partial charge in [0.25, 0.3) is 0 Å². The molecule has 0 aliphatic carbocycles. The average Bonchev–Trinajstić information content (AvgIpc) is 3.04. The number of hydrogen-bond acceptors (Lipinski definition) is 3. The van der Waals surface area contributed by atoms with Crippen LogP contribution >= 0.6 is 0 Å². The summed E-state index contributed by atoms with van der Waals surface area (Å²) in [5.41, 5.74) is 0.631. The monoisotopic (exact) mass is 378 g/mol. The molecule has 1 N–H and O–H groups in total. The molecule has 1 aliphatic rings. The number of ether oxygens (including phenoxy) is 1. The molecule has 1 heterocycles. The first-order chi connectivity index (χ1) is 12.8. The first kappa shape index (κ1) is 18.8. The largest absolute Gasteiger partial charge is 0.457 e. The molecule has 0 atom stereocenters. The quantitative estimate of drug-likeness (QED) is 0.821. The fourth-order valence-electron chi connectivity index (χ4n) is 2.94. The summed E-state index contributed by atoms with van der Waals surface area (Å²) in [6.07, 6.45) is -4.52. The number of rotatable bonds is 4. The molecule has 0 bridgehead atoms. The van der Waals surface area contributed by atoms with Crippen LogP contribution < -0.4 is 10.2 Å². The molecule has 5 nitrogen and oxygen atoms in total. The minimum atomic E-state index is -4.52. The molecule has 2 aromatic rings. The van der Waals surface area contributed by atoms with Crippen molar-refractivity contribution in [2.45, 2.75) is 19.7 Å². The van der Waals surface area contributed by atoms with Gasteiger partial charge in [0.1, 0.15) is 6.61 Å². The van der Waals surface area contributed by atoms with Gasteiger partial charge in [-0.2, -0.15) is 13.2 Å². The Morgan fingerprint density at radius 3 is 2.59 bits per heavy atom. The van der Waals surface area contributed by atoms with Gasteiger partial charge in [0.15, 0.2) is 0 Å². The molecule has 0 saturated carbocycles. The highest BCUT2D eigenvalue weighted by Gasteiger charge is 2.33. The van der Waals surface area contributed by atoms with Crippen molar-refractivity contribution in [1.29, 1.82) is 0 Å². The van der Waals surface area contributed by atoms with Crippen LogP contribution in [-0.4, -0.2) is 25.1 Å². The van der Waals surface area contributed by atoms with E-state index in [-0.39, 0.29) is 17.2 Å². The minimum absolute atomic E-state index is 0.111. The van der Waals surface area contributed by atoms with E-state index in [0.29, 0.717) is 24.3 Å². The van der Waals surface area contributed by atoms with Crippen molar-refractivity contribution >= 4 is 17.7 Å². The van der Waals surface area contributed by atoms with Gasteiger partial charge in [-0.1, -0.05) is 18.2 Å². The van der Waals surface area contributed by atoms with Gasteiger partial charge in [0.05, 0.1) is 11.1 Å². The highest BCUT2D eigenvalue weighted by atomic mass is 19.4. The van der Waals surface area contributed by atoms with Gasteiger partial charge in [-0.15, -0.1) is 0 Å². The predicted molar refractivity (Wildman–Crippen MR) is 92.5 cm³/mol. The van der Waals surface area contributed by atoms with E-state index in [1.54, 1.807) is 24.0 Å². The zero-order valence-electron chi connectivity index (χ0n) is 14.5. The Morgan fingerprint density at radius 2 is 1.96 bits per heavy atom. The predicted octanol–water partition coefficient (Wildman–Crippen LogP) is 3.90. The van der Waals surface area contributed by atoms with Crippen molar-refractivity contribution in [1.82, 2.24) is 5.32 Å². The van der Waals surface area contributed by atoms with E-state index >= 15 is 0 Å². The Morgan fingerprint density at radius 1 is 1.22 bits per heavy atom. The standard InChI is InChI=1S/C19H17F3N2O3/c1-12-10-13(6-7-16(12)24-9-8-23-18(24)26)17(25)27-11-14-4-2-3-5-15(14)19(20,21)22/h2-7,10H,8-9,11H2,1H3,(H,23,26). The van der Waals surface area contributed by atoms with Crippen LogP contribution in [0.4, 0.5) is 23.7 Å². The Bertz CT molecular complexity index is 881. The summed E-state index contributed by atoms with van der Waals surface area (Å²) < 4.78 is 44.0. The van der Waals surface area contributed by atoms with Crippen molar-refractivity contribution < 1.29 is 27.5 Å². The third-order valence-electron chi connectivity index (χ3n) is 4.26. The Hall–Kier alpha value is -3.03. The third kappa shape index (κ3) is 4.05. The summed E-state index contributed by atoms with van der Waals surface area (Å²) in [4.78, 5) is 25.5. The number of alkyl halides is 3. The molecule has 27 heavy (non-hydrogen) atoms. The van der Waals surface area contributed by atoms with Crippen LogP contribution in [0.1, 0.15) is 27.0 Å². The van der Waals surface area contributed by atoms with Gasteiger partial charge in [-0.25, -0.2) is 9.59 Å². The number of benzene rings is 2. The number of carbonyl (C=O) groups excluding carboxylic acids is 2. The molecule has 8 heteroatoms. The summed E-state index contributed by atoms with van der Waals surface area (Å²) >= 11 is 0. The van der Waals surface area contributed by atoms with E-state index in [9.17, 15) is 22.8 Å². The summed E-state index contributed by atoms with van der Waals surface area (Å²) in [5, 5.41) is 2.69. The first-order valence-corrected chi connectivity index (χ1v) is 8.25. The molecule has 0 spiro atoms. The van der Waals surface area contributed by atoms with Crippen molar-refractivity contribution in [3.8, 4) is 0 Å². The molecule has 142 valence electrons. The van der Waals surface area contributed by atoms with E-state index < -0.39 is 24.3 Å². The van der Waals surface area contributed by atoms with Gasteiger partial charge in [-0.05, 0) is 36.8 Å². The van der Waals surface area contributed by atoms with Crippen molar-refractivity contribution in [2.75, 3.05) is 18.0 Å². The number of urea groups is 1. The van der Waals surface area contributed by atoms with E-state index in [1.165, 1.54) is 24.3 Å². The lowest BCUT2D eigenvalue weighted by atomic mass is 10.1. The van der Waals surface area contributed by atoms with Crippen LogP contribution in [0.5, 0.6) is 0 Å². The maximum atomic E-state index is 13.0. The van der Waals surface area contributed by atoms with E-state index in [1.807, 2.05) is 0 Å². The van der Waals surface area contributed by atoms with Gasteiger partial charge in [-0.3, -0.25) is 4.90 Å². The fraction of sp³-hybridized carbons (Fsp3) is 0.263. The number of aryl methyl sites for hydroxylation is 1. The van der Waals surface area contributed by atoms with Gasteiger partial charge >= 0.3 is 18.2 Å². The summed E-state index contributed by atoms with van der Waals surface area (Å²) in [5.74, 6) is -0.729. The Kier molecular flexibility index (Phi) is 5.07. The van der Waals surface area contributed by atoms with E-state index in [4.69, 9.17) is 4.74 Å². The number of anilines is 1. The number of amides is 2. The fourth-order valence-corrected chi connectivity index (χ4v) is 2.94. The number of esters is 1. The first-order valence-electron chi connectivity index (χ1n) is 8.25. The number of hydrogen-bond donors (Lipinski definition) is 1. The molecule has 2 aromatic carbocycles. The Labute approximate surface area is 153 Å². The average molecular weight is 378 g/mol. The van der Waals surface area contributed by atoms with E-state index in [0.717, 1.165) is 6.07 Å². The molecule has 3 rings (SSSR count). The topological polar surface area (TPSA) is 58.6 Å². The summed E-state index contributed by atoms with van der Waals surface area (Å²) in [7, 11) is 0. The van der Waals surface area contributed by atoms with Crippen molar-refractivity contribution in [3.63, 3.8) is 0 Å². The van der Waals surface area contributed by atoms with Gasteiger partial charge in [0, 0.05) is 24.3 Å². The smallest absolute Gasteiger partial charge is 0.416 e. The summed E-state index contributed by atoms with van der Waals surface area (Å²) in [6.45, 7) is 2.33. The maximum Gasteiger partial charge on any atom is 0.416 e. The lowest BCUT2D eigenvalue weighted by Gasteiger charge is -2.17. The van der Waals surface area contributed by atoms with Crippen LogP contribution in [0.3, 0.4) is 0 Å². The van der Waals surface area contributed by atoms with Crippen LogP contribution in [0, 0.1) is 6.92 Å². The number of halogens is 3. The van der Waals surface area contributed by atoms with Gasteiger partial charge < -0.3 is 10.1 Å². The zero-order valence-corrected chi connectivity index (χ0v) is 14.5. The number of nitrogens with zero attached hydrogens (tertiary/aromatic N) is 1. The van der Waals surface area contributed by atoms with Crippen molar-refractivity contribution in [2.24, 2.45) is 0 Å². The lowest BCUT2D eigenvalue weighted by molar-refractivity contribution is -0.138. The Balaban J connectivity index is 1.72. The molecular formula is C19H17F3N2O3. The molecule has 0 radical (unpaired) electrons. The second-order valence-electron chi connectivity index (χ2n) is 6.12. The zero-order chi connectivity index (χ0) is 19.6. The molecule has 1 saturated heterocycles. The molecule has 1 fully saturated rings. The SMILES string of the molecule is Cc1cc(C(=O)OCc2ccccc2C(F)(F)F)ccc1N1CCNC1=O. The van der Waals surface area contributed by atoms with Crippen LogP contribution in [0.2, 0.25) is 0 Å². The van der Waals surface area contributed by atoms with Gasteiger partial charge in [0.2, 0.25) is 0 Å².